The SMILES string of the molecule is CCCCCC(O)C=CC1C(OC)CC(O)C1CC=CCCCC(=O)O. The molecule has 26 heavy (non-hydrogen) atoms. The van der Waals surface area contributed by atoms with Gasteiger partial charge in [0.05, 0.1) is 18.3 Å². The van der Waals surface area contributed by atoms with E-state index in [1.807, 2.05) is 24.3 Å². The number of carboxylic acid groups (broad SMARTS) is 1. The number of allylic oxidation sites excluding steroid dienone is 2. The van der Waals surface area contributed by atoms with E-state index in [-0.39, 0.29) is 24.4 Å². The molecule has 1 saturated carbocycles. The monoisotopic (exact) mass is 368 g/mol. The van der Waals surface area contributed by atoms with Crippen LogP contribution < -0.4 is 0 Å². The summed E-state index contributed by atoms with van der Waals surface area (Å²) in [6.07, 6.45) is 14.0. The zero-order valence-corrected chi connectivity index (χ0v) is 16.2. The fraction of sp³-hybridized carbons (Fsp3) is 0.762. The molecule has 1 aliphatic carbocycles. The maximum atomic E-state index is 10.5. The van der Waals surface area contributed by atoms with Crippen molar-refractivity contribution in [2.75, 3.05) is 7.11 Å². The van der Waals surface area contributed by atoms with Crippen LogP contribution in [0.2, 0.25) is 0 Å². The molecular weight excluding hydrogens is 332 g/mol. The largest absolute Gasteiger partial charge is 0.481 e. The van der Waals surface area contributed by atoms with Crippen LogP contribution in [0.5, 0.6) is 0 Å². The summed E-state index contributed by atoms with van der Waals surface area (Å²) in [4.78, 5) is 10.5. The van der Waals surface area contributed by atoms with Crippen LogP contribution in [0.3, 0.4) is 0 Å². The van der Waals surface area contributed by atoms with E-state index in [0.717, 1.165) is 38.5 Å². The third-order valence-corrected chi connectivity index (χ3v) is 5.19. The minimum atomic E-state index is -0.768. The van der Waals surface area contributed by atoms with Gasteiger partial charge in [-0.2, -0.15) is 0 Å². The molecule has 0 aliphatic heterocycles. The first kappa shape index (κ1) is 22.9. The summed E-state index contributed by atoms with van der Waals surface area (Å²) < 4.78 is 5.54. The van der Waals surface area contributed by atoms with E-state index < -0.39 is 18.2 Å². The molecule has 0 aromatic rings. The Bertz CT molecular complexity index is 446. The topological polar surface area (TPSA) is 87.0 Å². The number of hydrogen-bond donors (Lipinski definition) is 3. The summed E-state index contributed by atoms with van der Waals surface area (Å²) in [6, 6.07) is 0. The molecule has 0 bridgehead atoms. The van der Waals surface area contributed by atoms with Gasteiger partial charge in [-0.25, -0.2) is 0 Å². The van der Waals surface area contributed by atoms with Crippen LogP contribution in [-0.2, 0) is 9.53 Å². The van der Waals surface area contributed by atoms with E-state index in [1.54, 1.807) is 7.11 Å². The number of ether oxygens (including phenoxy) is 1. The number of hydrogen-bond acceptors (Lipinski definition) is 4. The number of methoxy groups -OCH3 is 1. The second-order valence-electron chi connectivity index (χ2n) is 7.26. The first-order chi connectivity index (χ1) is 12.5. The molecule has 3 N–H and O–H groups in total. The van der Waals surface area contributed by atoms with E-state index in [9.17, 15) is 15.0 Å². The molecule has 1 rings (SSSR count). The first-order valence-electron chi connectivity index (χ1n) is 9.93. The summed E-state index contributed by atoms with van der Waals surface area (Å²) in [5.41, 5.74) is 0. The Balaban J connectivity index is 2.54. The van der Waals surface area contributed by atoms with Gasteiger partial charge in [-0.1, -0.05) is 50.5 Å². The lowest BCUT2D eigenvalue weighted by molar-refractivity contribution is -0.137. The Morgan fingerprint density at radius 1 is 1.27 bits per heavy atom. The fourth-order valence-corrected chi connectivity index (χ4v) is 3.63. The highest BCUT2D eigenvalue weighted by molar-refractivity contribution is 5.66. The quantitative estimate of drug-likeness (QED) is 0.341. The molecule has 0 spiro atoms. The minimum Gasteiger partial charge on any atom is -0.481 e. The van der Waals surface area contributed by atoms with Gasteiger partial charge in [0.15, 0.2) is 0 Å². The van der Waals surface area contributed by atoms with Gasteiger partial charge in [-0.05, 0) is 31.6 Å². The van der Waals surface area contributed by atoms with Crippen molar-refractivity contribution in [1.29, 1.82) is 0 Å². The molecule has 1 fully saturated rings. The van der Waals surface area contributed by atoms with Crippen LogP contribution in [0, 0.1) is 11.8 Å². The molecule has 5 unspecified atom stereocenters. The van der Waals surface area contributed by atoms with E-state index in [1.165, 1.54) is 0 Å². The first-order valence-corrected chi connectivity index (χ1v) is 9.93. The van der Waals surface area contributed by atoms with E-state index in [2.05, 4.69) is 6.92 Å². The van der Waals surface area contributed by atoms with Crippen molar-refractivity contribution in [3.05, 3.63) is 24.3 Å². The van der Waals surface area contributed by atoms with Crippen molar-refractivity contribution < 1.29 is 24.9 Å². The highest BCUT2D eigenvalue weighted by Gasteiger charge is 2.40. The van der Waals surface area contributed by atoms with Crippen molar-refractivity contribution >= 4 is 5.97 Å². The Morgan fingerprint density at radius 3 is 2.69 bits per heavy atom. The zero-order chi connectivity index (χ0) is 19.4. The third-order valence-electron chi connectivity index (χ3n) is 5.19. The van der Waals surface area contributed by atoms with Crippen molar-refractivity contribution in [1.82, 2.24) is 0 Å². The summed E-state index contributed by atoms with van der Waals surface area (Å²) in [7, 11) is 1.67. The molecule has 0 saturated heterocycles. The van der Waals surface area contributed by atoms with E-state index in [4.69, 9.17) is 9.84 Å². The third kappa shape index (κ3) is 8.47. The molecular formula is C21H36O5. The van der Waals surface area contributed by atoms with Gasteiger partial charge in [0.1, 0.15) is 0 Å². The molecule has 5 heteroatoms. The van der Waals surface area contributed by atoms with Crippen LogP contribution in [0.1, 0.15) is 64.7 Å². The maximum absolute atomic E-state index is 10.5. The van der Waals surface area contributed by atoms with Crippen LogP contribution in [-0.4, -0.2) is 46.7 Å². The Morgan fingerprint density at radius 2 is 2.04 bits per heavy atom. The number of aliphatic hydroxyl groups is 2. The highest BCUT2D eigenvalue weighted by atomic mass is 16.5. The van der Waals surface area contributed by atoms with Gasteiger partial charge in [0, 0.05) is 25.9 Å². The summed E-state index contributed by atoms with van der Waals surface area (Å²) in [6.45, 7) is 2.14. The second-order valence-corrected chi connectivity index (χ2v) is 7.26. The van der Waals surface area contributed by atoms with E-state index >= 15 is 0 Å². The average Bonchev–Trinajstić information content (AvgIpc) is 2.91. The van der Waals surface area contributed by atoms with Crippen molar-refractivity contribution in [2.45, 2.75) is 83.0 Å². The Kier molecular flexibility index (Phi) is 11.5. The summed E-state index contributed by atoms with van der Waals surface area (Å²) in [5.74, 6) is -0.621. The predicted molar refractivity (Wildman–Crippen MR) is 103 cm³/mol. The number of carbonyl (C=O) groups is 1. The number of carboxylic acids is 1. The van der Waals surface area contributed by atoms with Crippen LogP contribution in [0.25, 0.3) is 0 Å². The number of aliphatic carboxylic acids is 1. The fourth-order valence-electron chi connectivity index (χ4n) is 3.63. The second kappa shape index (κ2) is 13.1. The smallest absolute Gasteiger partial charge is 0.303 e. The van der Waals surface area contributed by atoms with Crippen molar-refractivity contribution in [3.8, 4) is 0 Å². The van der Waals surface area contributed by atoms with Crippen molar-refractivity contribution in [2.24, 2.45) is 11.8 Å². The van der Waals surface area contributed by atoms with Gasteiger partial charge in [-0.15, -0.1) is 0 Å². The van der Waals surface area contributed by atoms with Gasteiger partial charge in [0.25, 0.3) is 0 Å². The number of rotatable bonds is 13. The molecule has 0 radical (unpaired) electrons. The molecule has 0 amide bonds. The minimum absolute atomic E-state index is 0.0329. The van der Waals surface area contributed by atoms with Gasteiger partial charge in [-0.3, -0.25) is 4.79 Å². The lowest BCUT2D eigenvalue weighted by Gasteiger charge is -2.21. The predicted octanol–water partition coefficient (Wildman–Crippen LogP) is 3.70. The molecule has 1 aliphatic rings. The van der Waals surface area contributed by atoms with Crippen LogP contribution in [0.15, 0.2) is 24.3 Å². The average molecular weight is 369 g/mol. The molecule has 0 heterocycles. The normalized spacial score (nSPS) is 27.5. The zero-order valence-electron chi connectivity index (χ0n) is 16.2. The number of aliphatic hydroxyl groups excluding tert-OH is 2. The van der Waals surface area contributed by atoms with Gasteiger partial charge in [0.2, 0.25) is 0 Å². The standard InChI is InChI=1S/C21H36O5/c1-3-4-7-10-16(22)13-14-18-17(19(23)15-20(18)26-2)11-8-5-6-9-12-21(24)25/h5,8,13-14,16-20,22-23H,3-4,6-7,9-12,15H2,1-2H3,(H,24,25). The van der Waals surface area contributed by atoms with Gasteiger partial charge < -0.3 is 20.1 Å². The number of unbranched alkanes of at least 4 members (excludes halogenated alkanes) is 3. The molecule has 0 aromatic heterocycles. The van der Waals surface area contributed by atoms with E-state index in [0.29, 0.717) is 12.8 Å². The Hall–Kier alpha value is -1.17. The summed E-state index contributed by atoms with van der Waals surface area (Å²) >= 11 is 0. The molecule has 0 aromatic carbocycles. The molecule has 150 valence electrons. The van der Waals surface area contributed by atoms with Crippen LogP contribution in [0.4, 0.5) is 0 Å². The lowest BCUT2D eigenvalue weighted by Crippen LogP contribution is -2.21. The van der Waals surface area contributed by atoms with Crippen molar-refractivity contribution in [3.63, 3.8) is 0 Å². The lowest BCUT2D eigenvalue weighted by atomic mass is 9.89. The molecule has 5 nitrogen and oxygen atoms in total. The summed E-state index contributed by atoms with van der Waals surface area (Å²) in [5, 5.41) is 29.1. The molecule has 5 atom stereocenters. The van der Waals surface area contributed by atoms with Crippen LogP contribution >= 0.6 is 0 Å². The Labute approximate surface area is 157 Å². The van der Waals surface area contributed by atoms with Gasteiger partial charge >= 0.3 is 5.97 Å². The highest BCUT2D eigenvalue weighted by Crippen LogP contribution is 2.38. The maximum Gasteiger partial charge on any atom is 0.303 e.